The summed E-state index contributed by atoms with van der Waals surface area (Å²) in [6, 6.07) is 3.62. The maximum Gasteiger partial charge on any atom is 0.347 e. The van der Waals surface area contributed by atoms with Crippen LogP contribution in [0.2, 0.25) is 0 Å². The highest BCUT2D eigenvalue weighted by Gasteiger charge is 2.34. The predicted octanol–water partition coefficient (Wildman–Crippen LogP) is 2.93. The first-order valence-electron chi connectivity index (χ1n) is 9.10. The molecule has 1 saturated heterocycles. The van der Waals surface area contributed by atoms with Gasteiger partial charge < -0.3 is 4.90 Å². The second kappa shape index (κ2) is 6.44. The Morgan fingerprint density at radius 1 is 1.28 bits per heavy atom. The monoisotopic (exact) mass is 360 g/mol. The van der Waals surface area contributed by atoms with Crippen LogP contribution in [-0.2, 0) is 4.79 Å². The van der Waals surface area contributed by atoms with Gasteiger partial charge in [0, 0.05) is 19.1 Å². The summed E-state index contributed by atoms with van der Waals surface area (Å²) in [6.45, 7) is 5.57. The number of hydrogen-bond donors (Lipinski definition) is 0. The molecule has 3 heterocycles. The fourth-order valence-electron chi connectivity index (χ4n) is 3.48. The maximum atomic E-state index is 12.9. The molecule has 4 rings (SSSR count). The van der Waals surface area contributed by atoms with Gasteiger partial charge in [-0.1, -0.05) is 13.0 Å². The Hall–Kier alpha value is -1.89. The van der Waals surface area contributed by atoms with Crippen molar-refractivity contribution < 1.29 is 4.79 Å². The van der Waals surface area contributed by atoms with E-state index in [1.807, 2.05) is 22.4 Å². The fraction of sp³-hybridized carbons (Fsp3) is 0.611. The van der Waals surface area contributed by atoms with Gasteiger partial charge in [0.1, 0.15) is 6.04 Å². The van der Waals surface area contributed by atoms with Crippen LogP contribution in [0.1, 0.15) is 51.6 Å². The molecule has 25 heavy (non-hydrogen) atoms. The van der Waals surface area contributed by atoms with Crippen molar-refractivity contribution in [1.29, 1.82) is 0 Å². The molecule has 2 fully saturated rings. The number of nitrogens with zero attached hydrogens (tertiary/aromatic N) is 4. The Balaban J connectivity index is 1.65. The minimum atomic E-state index is -0.556. The molecule has 0 aromatic carbocycles. The molecule has 2 aromatic heterocycles. The zero-order valence-corrected chi connectivity index (χ0v) is 15.5. The van der Waals surface area contributed by atoms with Gasteiger partial charge in [0.15, 0.2) is 5.82 Å². The molecular weight excluding hydrogens is 336 g/mol. The summed E-state index contributed by atoms with van der Waals surface area (Å²) in [5.41, 5.74) is -0.155. The zero-order chi connectivity index (χ0) is 17.6. The lowest BCUT2D eigenvalue weighted by Gasteiger charge is -2.31. The smallest absolute Gasteiger partial charge is 0.341 e. The molecule has 0 spiro atoms. The summed E-state index contributed by atoms with van der Waals surface area (Å²) >= 11 is 1.57. The van der Waals surface area contributed by atoms with Crippen LogP contribution >= 0.6 is 11.3 Å². The maximum absolute atomic E-state index is 12.9. The first-order chi connectivity index (χ1) is 12.1. The number of aromatic nitrogens is 3. The lowest BCUT2D eigenvalue weighted by molar-refractivity contribution is -0.136. The summed E-state index contributed by atoms with van der Waals surface area (Å²) in [5, 5.41) is 6.56. The zero-order valence-electron chi connectivity index (χ0n) is 14.7. The minimum absolute atomic E-state index is 0.00664. The number of amides is 1. The summed E-state index contributed by atoms with van der Waals surface area (Å²) < 4.78 is 3.18. The van der Waals surface area contributed by atoms with E-state index in [9.17, 15) is 9.59 Å². The molecule has 1 atom stereocenters. The number of rotatable bonds is 4. The molecule has 1 amide bonds. The normalized spacial score (nSPS) is 20.0. The van der Waals surface area contributed by atoms with Crippen LogP contribution in [0.5, 0.6) is 0 Å². The fourth-order valence-corrected chi connectivity index (χ4v) is 4.19. The average Bonchev–Trinajstić information content (AvgIpc) is 3.17. The SMILES string of the molecule is CC1CCN(C(=O)C(C)n2nc(-c3cccs3)n(C3CC3)c2=O)CC1. The number of likely N-dealkylation sites (tertiary alicyclic amines) is 1. The Morgan fingerprint density at radius 3 is 2.60 bits per heavy atom. The van der Waals surface area contributed by atoms with Crippen molar-refractivity contribution in [3.63, 3.8) is 0 Å². The van der Waals surface area contributed by atoms with E-state index in [4.69, 9.17) is 0 Å². The quantitative estimate of drug-likeness (QED) is 0.842. The summed E-state index contributed by atoms with van der Waals surface area (Å²) in [5.74, 6) is 1.38. The topological polar surface area (TPSA) is 60.1 Å². The first-order valence-corrected chi connectivity index (χ1v) is 9.98. The average molecular weight is 360 g/mol. The third-order valence-electron chi connectivity index (χ3n) is 5.31. The van der Waals surface area contributed by atoms with Gasteiger partial charge in [0.25, 0.3) is 0 Å². The minimum Gasteiger partial charge on any atom is -0.341 e. The highest BCUT2D eigenvalue weighted by molar-refractivity contribution is 7.13. The van der Waals surface area contributed by atoms with E-state index in [0.29, 0.717) is 11.7 Å². The molecule has 6 nitrogen and oxygen atoms in total. The third-order valence-corrected chi connectivity index (χ3v) is 6.17. The molecule has 134 valence electrons. The molecule has 7 heteroatoms. The van der Waals surface area contributed by atoms with E-state index in [1.54, 1.807) is 22.8 Å². The van der Waals surface area contributed by atoms with Crippen molar-refractivity contribution in [1.82, 2.24) is 19.2 Å². The number of piperidine rings is 1. The molecule has 1 aliphatic carbocycles. The van der Waals surface area contributed by atoms with Crippen LogP contribution in [0.15, 0.2) is 22.3 Å². The second-order valence-electron chi connectivity index (χ2n) is 7.31. The van der Waals surface area contributed by atoms with Crippen LogP contribution in [0.4, 0.5) is 0 Å². The predicted molar refractivity (Wildman–Crippen MR) is 97.8 cm³/mol. The van der Waals surface area contributed by atoms with Gasteiger partial charge >= 0.3 is 5.69 Å². The van der Waals surface area contributed by atoms with E-state index >= 15 is 0 Å². The summed E-state index contributed by atoms with van der Waals surface area (Å²) in [7, 11) is 0. The van der Waals surface area contributed by atoms with Crippen LogP contribution < -0.4 is 5.69 Å². The van der Waals surface area contributed by atoms with Crippen molar-refractivity contribution >= 4 is 17.2 Å². The molecular formula is C18H24N4O2S. The van der Waals surface area contributed by atoms with Crippen LogP contribution in [0.3, 0.4) is 0 Å². The van der Waals surface area contributed by atoms with Gasteiger partial charge in [0.05, 0.1) is 4.88 Å². The highest BCUT2D eigenvalue weighted by atomic mass is 32.1. The van der Waals surface area contributed by atoms with Gasteiger partial charge in [-0.15, -0.1) is 16.4 Å². The number of carbonyl (C=O) groups is 1. The standard InChI is InChI=1S/C18H24N4O2S/c1-12-7-9-20(10-8-12)17(23)13(2)22-18(24)21(14-5-6-14)16(19-22)15-4-3-11-25-15/h3-4,11-14H,5-10H2,1-2H3. The largest absolute Gasteiger partial charge is 0.347 e. The molecule has 0 N–H and O–H groups in total. The first kappa shape index (κ1) is 16.6. The van der Waals surface area contributed by atoms with E-state index in [1.165, 1.54) is 4.68 Å². The second-order valence-corrected chi connectivity index (χ2v) is 8.26. The van der Waals surface area contributed by atoms with Crippen LogP contribution in [0, 0.1) is 5.92 Å². The third kappa shape index (κ3) is 3.05. The Morgan fingerprint density at radius 2 is 2.00 bits per heavy atom. The molecule has 1 saturated carbocycles. The Labute approximate surface area is 151 Å². The van der Waals surface area contributed by atoms with Gasteiger partial charge in [0.2, 0.25) is 5.91 Å². The van der Waals surface area contributed by atoms with Crippen LogP contribution in [-0.4, -0.2) is 38.2 Å². The lowest BCUT2D eigenvalue weighted by atomic mass is 9.99. The van der Waals surface area contributed by atoms with E-state index < -0.39 is 6.04 Å². The van der Waals surface area contributed by atoms with E-state index in [0.717, 1.165) is 43.6 Å². The van der Waals surface area contributed by atoms with E-state index in [2.05, 4.69) is 12.0 Å². The summed E-state index contributed by atoms with van der Waals surface area (Å²) in [6.07, 6.45) is 4.08. The van der Waals surface area contributed by atoms with Crippen molar-refractivity contribution in [3.05, 3.63) is 28.0 Å². The highest BCUT2D eigenvalue weighted by Crippen LogP contribution is 2.37. The Kier molecular flexibility index (Phi) is 4.27. The van der Waals surface area contributed by atoms with Crippen molar-refractivity contribution in [2.45, 2.75) is 51.6 Å². The molecule has 2 aromatic rings. The lowest BCUT2D eigenvalue weighted by Crippen LogP contribution is -2.43. The van der Waals surface area contributed by atoms with Crippen LogP contribution in [0.25, 0.3) is 10.7 Å². The number of carbonyl (C=O) groups excluding carboxylic acids is 1. The van der Waals surface area contributed by atoms with Gasteiger partial charge in [-0.3, -0.25) is 9.36 Å². The Bertz CT molecular complexity index is 811. The molecule has 1 unspecified atom stereocenters. The number of hydrogen-bond acceptors (Lipinski definition) is 4. The van der Waals surface area contributed by atoms with Gasteiger partial charge in [-0.25, -0.2) is 9.48 Å². The van der Waals surface area contributed by atoms with Crippen molar-refractivity contribution in [2.24, 2.45) is 5.92 Å². The van der Waals surface area contributed by atoms with Gasteiger partial charge in [-0.05, 0) is 50.0 Å². The van der Waals surface area contributed by atoms with Crippen molar-refractivity contribution in [2.75, 3.05) is 13.1 Å². The molecule has 0 radical (unpaired) electrons. The molecule has 0 bridgehead atoms. The summed E-state index contributed by atoms with van der Waals surface area (Å²) in [4.78, 5) is 28.7. The van der Waals surface area contributed by atoms with Gasteiger partial charge in [-0.2, -0.15) is 0 Å². The molecule has 2 aliphatic rings. The van der Waals surface area contributed by atoms with Crippen molar-refractivity contribution in [3.8, 4) is 10.7 Å². The van der Waals surface area contributed by atoms with E-state index in [-0.39, 0.29) is 17.6 Å². The number of thiophene rings is 1. The molecule has 1 aliphatic heterocycles.